The maximum atomic E-state index is 14.3. The number of carbonyl (C=O) groups is 3. The number of nitrogens with zero attached hydrogens (tertiary/aromatic N) is 4. The normalized spacial score (nSPS) is 22.6. The molecule has 16 heteroatoms. The molecule has 1 unspecified atom stereocenters. The van der Waals surface area contributed by atoms with Crippen LogP contribution in [0.15, 0.2) is 48.7 Å². The van der Waals surface area contributed by atoms with Crippen molar-refractivity contribution in [1.29, 1.82) is 0 Å². The van der Waals surface area contributed by atoms with Crippen molar-refractivity contribution in [3.8, 4) is 5.75 Å². The molecule has 3 N–H and O–H groups in total. The van der Waals surface area contributed by atoms with Crippen molar-refractivity contribution in [2.24, 2.45) is 5.92 Å². The summed E-state index contributed by atoms with van der Waals surface area (Å²) in [6, 6.07) is 9.62. The summed E-state index contributed by atoms with van der Waals surface area (Å²) in [6.07, 6.45) is -3.85. The Balaban J connectivity index is 1.33. The molecular weight excluding hydrogens is 654 g/mol. The molecule has 1 saturated heterocycles. The predicted molar refractivity (Wildman–Crippen MR) is 159 cm³/mol. The van der Waals surface area contributed by atoms with E-state index in [0.29, 0.717) is 30.5 Å². The summed E-state index contributed by atoms with van der Waals surface area (Å²) in [5, 5.41) is 24.4. The van der Waals surface area contributed by atoms with Crippen LogP contribution in [-0.4, -0.2) is 67.4 Å². The van der Waals surface area contributed by atoms with E-state index in [4.69, 9.17) is 23.2 Å². The van der Waals surface area contributed by atoms with Crippen LogP contribution in [0, 0.1) is 5.92 Å². The number of hydrogen-bond acceptors (Lipinski definition) is 7. The third kappa shape index (κ3) is 5.90. The average Bonchev–Trinajstić information content (AvgIpc) is 3.29. The lowest BCUT2D eigenvalue weighted by atomic mass is 9.91. The van der Waals surface area contributed by atoms with Gasteiger partial charge in [0.2, 0.25) is 11.9 Å². The lowest BCUT2D eigenvalue weighted by Gasteiger charge is -2.30. The third-order valence-electron chi connectivity index (χ3n) is 8.62. The Labute approximate surface area is 270 Å². The molecule has 6 rings (SSSR count). The zero-order valence-electron chi connectivity index (χ0n) is 24.2. The Morgan fingerprint density at radius 2 is 1.80 bits per heavy atom. The molecule has 1 saturated carbocycles. The van der Waals surface area contributed by atoms with E-state index in [-0.39, 0.29) is 47.1 Å². The fraction of sp³-hybridized carbons (Fsp3) is 0.400. The maximum Gasteiger partial charge on any atom is 0.573 e. The quantitative estimate of drug-likeness (QED) is 0.275. The van der Waals surface area contributed by atoms with Crippen molar-refractivity contribution in [1.82, 2.24) is 19.8 Å². The van der Waals surface area contributed by atoms with E-state index in [1.54, 1.807) is 6.92 Å². The van der Waals surface area contributed by atoms with Crippen molar-refractivity contribution < 1.29 is 42.5 Å². The van der Waals surface area contributed by atoms with Crippen LogP contribution in [0.1, 0.15) is 43.7 Å². The summed E-state index contributed by atoms with van der Waals surface area (Å²) in [7, 11) is 0. The number of halogens is 5. The summed E-state index contributed by atoms with van der Waals surface area (Å²) < 4.78 is 43.7. The highest BCUT2D eigenvalue weighted by Gasteiger charge is 2.56. The number of alkyl halides is 3. The molecule has 2 amide bonds. The number of carboxylic acids is 1. The number of aliphatic hydroxyl groups is 1. The van der Waals surface area contributed by atoms with Gasteiger partial charge in [-0.1, -0.05) is 35.3 Å². The number of anilines is 2. The van der Waals surface area contributed by atoms with Crippen LogP contribution < -0.4 is 15.0 Å². The molecule has 1 aliphatic carbocycles. The fourth-order valence-electron chi connectivity index (χ4n) is 6.23. The van der Waals surface area contributed by atoms with E-state index in [2.05, 4.69) is 15.0 Å². The maximum absolute atomic E-state index is 14.3. The number of nitrogens with one attached hydrogen (secondary N) is 1. The SMILES string of the molecule is C[C@@]1(Cc2ccc(OC(F)(F)F)cc2)C(=O)N(c2cc(Cl)cc(Cl)c2)c2ncc(C(O)NC3(C(=O)N4CC[C@@H](C(=O)O)C4)CC3)n21. The number of hydrogen-bond donors (Lipinski definition) is 3. The Hall–Kier alpha value is -3.85. The van der Waals surface area contributed by atoms with Crippen LogP contribution in [0.3, 0.4) is 0 Å². The van der Waals surface area contributed by atoms with Crippen molar-refractivity contribution in [3.05, 3.63) is 70.0 Å². The molecule has 2 aromatic carbocycles. The standard InChI is InChI=1S/C30H28Cl2F3N5O6/c1-28(13-16-2-4-21(5-3-16)46-30(33,34)35)25(44)39(20-11-18(31)10-19(32)12-20)27-36-14-22(40(27)28)23(41)37-29(7-8-29)26(45)38-9-6-17(15-38)24(42)43/h2-5,10-12,14,17,23,37,41H,6-9,13,15H2,1H3,(H,42,43)/t17-,23?,28-/m1/s1. The number of ether oxygens (including phenoxy) is 1. The zero-order chi connectivity index (χ0) is 33.2. The smallest absolute Gasteiger partial charge is 0.481 e. The number of rotatable bonds is 9. The number of aliphatic hydroxyl groups excluding tert-OH is 1. The largest absolute Gasteiger partial charge is 0.573 e. The van der Waals surface area contributed by atoms with Crippen LogP contribution >= 0.6 is 23.2 Å². The van der Waals surface area contributed by atoms with E-state index >= 15 is 0 Å². The predicted octanol–water partition coefficient (Wildman–Crippen LogP) is 4.77. The number of benzene rings is 2. The molecule has 244 valence electrons. The Morgan fingerprint density at radius 3 is 2.37 bits per heavy atom. The number of likely N-dealkylation sites (tertiary alicyclic amines) is 1. The first-order valence-corrected chi connectivity index (χ1v) is 15.1. The molecule has 3 aromatic rings. The molecule has 0 bridgehead atoms. The minimum absolute atomic E-state index is 0.0273. The summed E-state index contributed by atoms with van der Waals surface area (Å²) in [6.45, 7) is 1.97. The van der Waals surface area contributed by atoms with Gasteiger partial charge < -0.3 is 19.8 Å². The van der Waals surface area contributed by atoms with Crippen molar-refractivity contribution >= 4 is 52.6 Å². The van der Waals surface area contributed by atoms with E-state index in [0.717, 1.165) is 12.1 Å². The van der Waals surface area contributed by atoms with Crippen molar-refractivity contribution in [2.45, 2.75) is 56.3 Å². The average molecular weight is 682 g/mol. The molecule has 3 aliphatic rings. The van der Waals surface area contributed by atoms with Gasteiger partial charge in [0.15, 0.2) is 0 Å². The Bertz CT molecular complexity index is 1690. The molecule has 2 fully saturated rings. The summed E-state index contributed by atoms with van der Waals surface area (Å²) in [5.41, 5.74) is -1.64. The number of imidazole rings is 1. The fourth-order valence-corrected chi connectivity index (χ4v) is 6.74. The highest BCUT2D eigenvalue weighted by Crippen LogP contribution is 2.46. The zero-order valence-corrected chi connectivity index (χ0v) is 25.7. The van der Waals surface area contributed by atoms with E-state index in [1.165, 1.54) is 50.9 Å². The minimum Gasteiger partial charge on any atom is -0.481 e. The van der Waals surface area contributed by atoms with Gasteiger partial charge in [-0.2, -0.15) is 0 Å². The molecular formula is C30H28Cl2F3N5O6. The summed E-state index contributed by atoms with van der Waals surface area (Å²) >= 11 is 12.5. The summed E-state index contributed by atoms with van der Waals surface area (Å²) in [4.78, 5) is 46.4. The molecule has 1 aromatic heterocycles. The van der Waals surface area contributed by atoms with Gasteiger partial charge in [-0.15, -0.1) is 13.2 Å². The van der Waals surface area contributed by atoms with E-state index in [1.807, 2.05) is 0 Å². The highest BCUT2D eigenvalue weighted by atomic mass is 35.5. The molecule has 0 radical (unpaired) electrons. The van der Waals surface area contributed by atoms with Gasteiger partial charge in [0.05, 0.1) is 23.5 Å². The number of amides is 2. The van der Waals surface area contributed by atoms with E-state index < -0.39 is 47.2 Å². The third-order valence-corrected chi connectivity index (χ3v) is 9.05. The number of aliphatic carboxylic acids is 1. The lowest BCUT2D eigenvalue weighted by molar-refractivity contribution is -0.274. The van der Waals surface area contributed by atoms with Gasteiger partial charge in [0.25, 0.3) is 5.91 Å². The van der Waals surface area contributed by atoms with Gasteiger partial charge >= 0.3 is 12.3 Å². The molecule has 3 atom stereocenters. The molecule has 3 heterocycles. The van der Waals surface area contributed by atoms with Crippen LogP contribution in [0.4, 0.5) is 24.8 Å². The van der Waals surface area contributed by atoms with Crippen LogP contribution in [0.5, 0.6) is 5.75 Å². The monoisotopic (exact) mass is 681 g/mol. The lowest BCUT2D eigenvalue weighted by Crippen LogP contribution is -2.50. The highest BCUT2D eigenvalue weighted by molar-refractivity contribution is 6.35. The van der Waals surface area contributed by atoms with Gasteiger partial charge in [-0.3, -0.25) is 24.3 Å². The molecule has 11 nitrogen and oxygen atoms in total. The van der Waals surface area contributed by atoms with Crippen molar-refractivity contribution in [2.75, 3.05) is 18.0 Å². The molecule has 0 spiro atoms. The van der Waals surface area contributed by atoms with Gasteiger partial charge in [-0.25, -0.2) is 9.88 Å². The molecule has 2 aliphatic heterocycles. The second kappa shape index (κ2) is 11.4. The summed E-state index contributed by atoms with van der Waals surface area (Å²) in [5.74, 6) is -2.73. The first-order valence-electron chi connectivity index (χ1n) is 14.3. The minimum atomic E-state index is -4.87. The number of fused-ring (bicyclic) bond motifs is 1. The van der Waals surface area contributed by atoms with Gasteiger partial charge in [-0.05, 0) is 62.1 Å². The van der Waals surface area contributed by atoms with Crippen LogP contribution in [-0.2, 0) is 26.3 Å². The Morgan fingerprint density at radius 1 is 1.15 bits per heavy atom. The second-order valence-corrected chi connectivity index (χ2v) is 12.8. The first kappa shape index (κ1) is 32.1. The van der Waals surface area contributed by atoms with E-state index in [9.17, 15) is 37.8 Å². The Kier molecular flexibility index (Phi) is 7.98. The van der Waals surface area contributed by atoms with Crippen molar-refractivity contribution in [3.63, 3.8) is 0 Å². The molecule has 46 heavy (non-hydrogen) atoms. The first-order chi connectivity index (χ1) is 21.6. The van der Waals surface area contributed by atoms with Crippen LogP contribution in [0.25, 0.3) is 0 Å². The number of carbonyl (C=O) groups excluding carboxylic acids is 2. The van der Waals surface area contributed by atoms with Gasteiger partial charge in [0.1, 0.15) is 23.1 Å². The number of aromatic nitrogens is 2. The second-order valence-electron chi connectivity index (χ2n) is 11.9. The van der Waals surface area contributed by atoms with Crippen LogP contribution in [0.2, 0.25) is 10.0 Å². The van der Waals surface area contributed by atoms with Gasteiger partial charge in [0, 0.05) is 29.6 Å². The number of carboxylic acid groups (broad SMARTS) is 1. The topological polar surface area (TPSA) is 137 Å².